The predicted octanol–water partition coefficient (Wildman–Crippen LogP) is -2.59. The van der Waals surface area contributed by atoms with E-state index in [0.717, 1.165) is 18.4 Å². The number of ether oxygens (including phenoxy) is 8. The van der Waals surface area contributed by atoms with Crippen molar-refractivity contribution in [2.45, 2.75) is 247 Å². The van der Waals surface area contributed by atoms with Crippen LogP contribution in [0.15, 0.2) is 11.6 Å². The van der Waals surface area contributed by atoms with Crippen LogP contribution < -0.4 is 0 Å². The molecule has 0 amide bonds. The van der Waals surface area contributed by atoms with Crippen molar-refractivity contribution in [2.75, 3.05) is 26.4 Å². The fraction of sp³-hybridized carbons (Fsp3) is 0.962. The van der Waals surface area contributed by atoms with E-state index in [1.165, 1.54) is 0 Å². The lowest BCUT2D eigenvalue weighted by molar-refractivity contribution is -0.340. The quantitative estimate of drug-likeness (QED) is 0.0705. The van der Waals surface area contributed by atoms with Crippen molar-refractivity contribution in [1.29, 1.82) is 0 Å². The molecule has 8 aliphatic rings. The van der Waals surface area contributed by atoms with Crippen LogP contribution in [0.25, 0.3) is 0 Å². The number of rotatable bonds is 16. The van der Waals surface area contributed by atoms with Gasteiger partial charge >= 0.3 is 0 Å². The standard InChI is InChI=1S/C53H90O23/c1-22(9-13-33(50(4,5)68)76-48-44(67)40(63)36(59)28(74-48)20-70-45-41(64)34(57)26(55)19-69-45)23-15-16-51(6)30-12-10-24-25(53(30,8)31(56)17-52(23,51)7)11-14-32(49(24,2)3)75-47-43(66)39(62)37(60)29(73-47)21-71-46-42(65)38(61)35(58)27(18-54)72-46/h10,22-23,25-48,54-68H,9,11-21H2,1-8H3/t22-,23?,25?,26-,27-,28-,29-,30?,31-,32+,33-,34+,35-,36-,37-,38+,39+,40+,41-,42-,43-,44-,45+,46-,47+,48+,51+,52-,53+/m1/s1. The van der Waals surface area contributed by atoms with E-state index in [-0.39, 0.29) is 41.1 Å². The molecule has 76 heavy (non-hydrogen) atoms. The average molecular weight is 1100 g/mol. The Bertz CT molecular complexity index is 1970. The van der Waals surface area contributed by atoms with Crippen LogP contribution in [0.2, 0.25) is 0 Å². The third-order valence-electron chi connectivity index (χ3n) is 20.4. The highest BCUT2D eigenvalue weighted by molar-refractivity contribution is 5.32. The lowest BCUT2D eigenvalue weighted by Crippen LogP contribution is -2.65. The smallest absolute Gasteiger partial charge is 0.187 e. The predicted molar refractivity (Wildman–Crippen MR) is 262 cm³/mol. The highest BCUT2D eigenvalue weighted by Crippen LogP contribution is 2.75. The van der Waals surface area contributed by atoms with Crippen molar-refractivity contribution >= 4 is 0 Å². The van der Waals surface area contributed by atoms with Crippen LogP contribution in [0.1, 0.15) is 107 Å². The zero-order valence-electron chi connectivity index (χ0n) is 45.0. The Kier molecular flexibility index (Phi) is 18.3. The molecule has 0 aromatic heterocycles. The van der Waals surface area contributed by atoms with Gasteiger partial charge in [-0.3, -0.25) is 0 Å². The van der Waals surface area contributed by atoms with Crippen LogP contribution in [0.3, 0.4) is 0 Å². The van der Waals surface area contributed by atoms with E-state index in [1.54, 1.807) is 13.8 Å². The van der Waals surface area contributed by atoms with Gasteiger partial charge < -0.3 is 114 Å². The zero-order valence-corrected chi connectivity index (χ0v) is 45.0. The molecule has 23 heteroatoms. The first-order valence-electron chi connectivity index (χ1n) is 27.4. The summed E-state index contributed by atoms with van der Waals surface area (Å²) in [5.74, 6) is 0.369. The van der Waals surface area contributed by atoms with Crippen LogP contribution in [0.4, 0.5) is 0 Å². The fourth-order valence-electron chi connectivity index (χ4n) is 15.3. The highest BCUT2D eigenvalue weighted by Gasteiger charge is 2.70. The molecule has 0 bridgehead atoms. The van der Waals surface area contributed by atoms with Gasteiger partial charge in [0.25, 0.3) is 0 Å². The molecular formula is C53H90O23. The Hall–Kier alpha value is -1.18. The summed E-state index contributed by atoms with van der Waals surface area (Å²) in [4.78, 5) is 0. The van der Waals surface area contributed by atoms with Gasteiger partial charge in [-0.05, 0) is 99.7 Å². The second kappa shape index (κ2) is 22.9. The fourth-order valence-corrected chi connectivity index (χ4v) is 15.3. The van der Waals surface area contributed by atoms with Crippen LogP contribution in [-0.4, -0.2) is 244 Å². The number of fused-ring (bicyclic) bond motifs is 5. The molecule has 4 aliphatic heterocycles. The molecule has 15 N–H and O–H groups in total. The van der Waals surface area contributed by atoms with Crippen molar-refractivity contribution in [1.82, 2.24) is 0 Å². The molecule has 4 saturated heterocycles. The maximum atomic E-state index is 12.7. The Morgan fingerprint density at radius 3 is 1.78 bits per heavy atom. The molecule has 3 unspecified atom stereocenters. The molecule has 8 rings (SSSR count). The van der Waals surface area contributed by atoms with Gasteiger partial charge in [-0.1, -0.05) is 53.2 Å². The van der Waals surface area contributed by atoms with Crippen molar-refractivity contribution in [3.63, 3.8) is 0 Å². The first kappa shape index (κ1) is 60.9. The van der Waals surface area contributed by atoms with Crippen LogP contribution in [-0.2, 0) is 37.9 Å². The summed E-state index contributed by atoms with van der Waals surface area (Å²) in [6, 6.07) is 0. The zero-order chi connectivity index (χ0) is 55.9. The summed E-state index contributed by atoms with van der Waals surface area (Å²) in [5.41, 5.74) is -1.93. The number of hydrogen-bond donors (Lipinski definition) is 15. The minimum Gasteiger partial charge on any atom is -0.394 e. The second-order valence-corrected chi connectivity index (χ2v) is 25.5. The van der Waals surface area contributed by atoms with Gasteiger partial charge in [0.2, 0.25) is 0 Å². The Labute approximate surface area is 444 Å². The lowest BCUT2D eigenvalue weighted by Gasteiger charge is -2.67. The van der Waals surface area contributed by atoms with Crippen LogP contribution in [0, 0.1) is 45.3 Å². The van der Waals surface area contributed by atoms with Gasteiger partial charge in [-0.2, -0.15) is 0 Å². The Morgan fingerprint density at radius 2 is 1.17 bits per heavy atom. The van der Waals surface area contributed by atoms with Crippen LogP contribution in [0.5, 0.6) is 0 Å². The maximum Gasteiger partial charge on any atom is 0.187 e. The lowest BCUT2D eigenvalue weighted by atomic mass is 9.38. The Morgan fingerprint density at radius 1 is 0.632 bits per heavy atom. The van der Waals surface area contributed by atoms with Crippen molar-refractivity contribution in [2.24, 2.45) is 45.3 Å². The third kappa shape index (κ3) is 10.8. The van der Waals surface area contributed by atoms with E-state index >= 15 is 0 Å². The van der Waals surface area contributed by atoms with E-state index < -0.39 is 171 Å². The average Bonchev–Trinajstić information content (AvgIpc) is 3.65. The molecule has 4 heterocycles. The van der Waals surface area contributed by atoms with Gasteiger partial charge in [0.1, 0.15) is 91.6 Å². The number of hydrogen-bond acceptors (Lipinski definition) is 23. The van der Waals surface area contributed by atoms with Crippen LogP contribution >= 0.6 is 0 Å². The molecule has 440 valence electrons. The highest BCUT2D eigenvalue weighted by atomic mass is 16.7. The van der Waals surface area contributed by atoms with E-state index in [1.807, 2.05) is 0 Å². The van der Waals surface area contributed by atoms with E-state index in [9.17, 15) is 76.6 Å². The Balaban J connectivity index is 0.910. The maximum absolute atomic E-state index is 12.7. The normalized spacial score (nSPS) is 51.5. The minimum atomic E-state index is -1.73. The molecule has 4 aliphatic carbocycles. The molecular weight excluding hydrogens is 1000 g/mol. The van der Waals surface area contributed by atoms with Gasteiger partial charge in [0.15, 0.2) is 25.2 Å². The minimum absolute atomic E-state index is 0.0137. The molecule has 0 spiro atoms. The molecule has 7 fully saturated rings. The summed E-state index contributed by atoms with van der Waals surface area (Å²) >= 11 is 0. The summed E-state index contributed by atoms with van der Waals surface area (Å²) < 4.78 is 46.8. The topological polar surface area (TPSA) is 377 Å². The molecule has 23 nitrogen and oxygen atoms in total. The first-order valence-corrected chi connectivity index (χ1v) is 27.4. The van der Waals surface area contributed by atoms with E-state index in [2.05, 4.69) is 47.6 Å². The van der Waals surface area contributed by atoms with Gasteiger partial charge in [0.05, 0.1) is 50.3 Å². The molecule has 3 saturated carbocycles. The summed E-state index contributed by atoms with van der Waals surface area (Å²) in [6.45, 7) is 14.5. The van der Waals surface area contributed by atoms with Gasteiger partial charge in [-0.15, -0.1) is 0 Å². The number of aliphatic hydroxyl groups excluding tert-OH is 14. The van der Waals surface area contributed by atoms with Crippen molar-refractivity contribution in [3.05, 3.63) is 11.6 Å². The molecule has 0 aromatic carbocycles. The monoisotopic (exact) mass is 1090 g/mol. The first-order chi connectivity index (χ1) is 35.4. The van der Waals surface area contributed by atoms with Crippen molar-refractivity contribution < 1.29 is 114 Å². The van der Waals surface area contributed by atoms with Gasteiger partial charge in [-0.25, -0.2) is 0 Å². The van der Waals surface area contributed by atoms with E-state index in [0.29, 0.717) is 38.5 Å². The summed E-state index contributed by atoms with van der Waals surface area (Å²) in [7, 11) is 0. The molecule has 0 radical (unpaired) electrons. The summed E-state index contributed by atoms with van der Waals surface area (Å²) in [5, 5.41) is 161. The van der Waals surface area contributed by atoms with Gasteiger partial charge in [0, 0.05) is 10.8 Å². The third-order valence-corrected chi connectivity index (χ3v) is 20.4. The molecule has 0 aromatic rings. The molecule has 29 atom stereocenters. The SMILES string of the molecule is C[C@H](CC[C@@H](O[C@@H]1O[C@H](CO[C@@H]2OC[C@@H](O)[C@H](O)[C@H]2O)[C@@H](O)[C@H](O)[C@H]1O)C(C)(C)O)C1CC[C@@]2(C)C3CC=C4C(CC[C@H](O[C@@H]5O[C@H](CO[C@@H]6O[C@H](CO)[C@@H](O)[C@H](O)[C@H]6O)[C@@H](O)[C@H](O)[C@H]5O)C4(C)C)[C@]3(C)[C@H](O)C[C@]12C. The van der Waals surface area contributed by atoms with Crippen molar-refractivity contribution in [3.8, 4) is 0 Å². The number of allylic oxidation sites excluding steroid dienone is 1. The largest absolute Gasteiger partial charge is 0.394 e. The van der Waals surface area contributed by atoms with E-state index in [4.69, 9.17) is 37.9 Å². The second-order valence-electron chi connectivity index (χ2n) is 25.5. The number of aliphatic hydroxyl groups is 15. The summed E-state index contributed by atoms with van der Waals surface area (Å²) in [6.07, 6.45) is -23.7.